The van der Waals surface area contributed by atoms with Crippen LogP contribution >= 0.6 is 0 Å². The first-order chi connectivity index (χ1) is 12.3. The Morgan fingerprint density at radius 2 is 0.852 bits per heavy atom. The molecular weight excluding hydrogens is 388 g/mol. The Bertz CT molecular complexity index is 950. The van der Waals surface area contributed by atoms with Crippen molar-refractivity contribution >= 4 is 20.2 Å². The Labute approximate surface area is 161 Å². The van der Waals surface area contributed by atoms with E-state index < -0.39 is 27.0 Å². The van der Waals surface area contributed by atoms with Crippen LogP contribution in [0.3, 0.4) is 0 Å². The number of hydrogen-bond donors (Lipinski definition) is 0. The second-order valence-corrected chi connectivity index (χ2v) is 9.82. The molecule has 2 rings (SSSR count). The first kappa shape index (κ1) is 21.6. The summed E-state index contributed by atoms with van der Waals surface area (Å²) < 4.78 is 59.7. The van der Waals surface area contributed by atoms with E-state index in [0.717, 1.165) is 11.1 Å². The molecule has 0 N–H and O–H groups in total. The Hall–Kier alpha value is -1.74. The van der Waals surface area contributed by atoms with Crippen molar-refractivity contribution < 1.29 is 25.2 Å². The van der Waals surface area contributed by atoms with Gasteiger partial charge in [-0.25, -0.2) is 8.37 Å². The fourth-order valence-electron chi connectivity index (χ4n) is 3.39. The molecule has 0 amide bonds. The highest BCUT2D eigenvalue weighted by Crippen LogP contribution is 2.26. The van der Waals surface area contributed by atoms with E-state index in [1.807, 2.05) is 13.8 Å². The molecule has 0 saturated carbocycles. The van der Waals surface area contributed by atoms with E-state index in [4.69, 9.17) is 8.37 Å². The molecule has 27 heavy (non-hydrogen) atoms. The molecule has 0 aliphatic rings. The maximum absolute atomic E-state index is 12.5. The molecule has 0 heterocycles. The maximum atomic E-state index is 12.5. The molecule has 2 aromatic carbocycles. The van der Waals surface area contributed by atoms with Crippen molar-refractivity contribution in [1.29, 1.82) is 0 Å². The lowest BCUT2D eigenvalue weighted by Gasteiger charge is -2.14. The molecule has 2 aromatic rings. The van der Waals surface area contributed by atoms with Gasteiger partial charge in [0.1, 0.15) is 0 Å². The van der Waals surface area contributed by atoms with Gasteiger partial charge in [0.15, 0.2) is 6.79 Å². The molecule has 0 bridgehead atoms. The van der Waals surface area contributed by atoms with Gasteiger partial charge in [-0.05, 0) is 63.8 Å². The van der Waals surface area contributed by atoms with Gasteiger partial charge in [0.25, 0.3) is 20.2 Å². The van der Waals surface area contributed by atoms with Gasteiger partial charge in [-0.15, -0.1) is 0 Å². The Kier molecular flexibility index (Phi) is 6.16. The van der Waals surface area contributed by atoms with Gasteiger partial charge in [0.2, 0.25) is 0 Å². The van der Waals surface area contributed by atoms with Crippen LogP contribution in [0.5, 0.6) is 0 Å². The molecule has 148 valence electrons. The molecule has 6 nitrogen and oxygen atoms in total. The summed E-state index contributed by atoms with van der Waals surface area (Å²) in [5.74, 6) is 0. The van der Waals surface area contributed by atoms with Crippen molar-refractivity contribution in [3.8, 4) is 0 Å². The van der Waals surface area contributed by atoms with Crippen LogP contribution in [0, 0.1) is 41.5 Å². The van der Waals surface area contributed by atoms with E-state index in [2.05, 4.69) is 0 Å². The largest absolute Gasteiger partial charge is 0.299 e. The van der Waals surface area contributed by atoms with Crippen molar-refractivity contribution in [2.45, 2.75) is 51.3 Å². The minimum absolute atomic E-state index is 0.0248. The molecular formula is C19H24O6S2. The maximum Gasteiger partial charge on any atom is 0.299 e. The third-order valence-corrected chi connectivity index (χ3v) is 7.22. The van der Waals surface area contributed by atoms with Crippen LogP contribution in [-0.4, -0.2) is 23.6 Å². The van der Waals surface area contributed by atoms with Crippen LogP contribution in [0.25, 0.3) is 0 Å². The van der Waals surface area contributed by atoms with Gasteiger partial charge in [0.05, 0.1) is 9.79 Å². The van der Waals surface area contributed by atoms with Crippen LogP contribution in [-0.2, 0) is 28.6 Å². The SMILES string of the molecule is Cc1cc(C)c(S(=O)(=O)OCOS(=O)(=O)c2c(C)cc(C)cc2C)c(C)c1. The zero-order chi connectivity index (χ0) is 20.6. The van der Waals surface area contributed by atoms with Crippen LogP contribution in [0.1, 0.15) is 33.4 Å². The van der Waals surface area contributed by atoms with Crippen molar-refractivity contribution in [3.63, 3.8) is 0 Å². The predicted octanol–water partition coefficient (Wildman–Crippen LogP) is 3.61. The summed E-state index contributed by atoms with van der Waals surface area (Å²) in [5.41, 5.74) is 3.96. The molecule has 0 saturated heterocycles. The summed E-state index contributed by atoms with van der Waals surface area (Å²) in [4.78, 5) is 0.0496. The summed E-state index contributed by atoms with van der Waals surface area (Å²) in [6.07, 6.45) is 0. The van der Waals surface area contributed by atoms with Crippen LogP contribution < -0.4 is 0 Å². The average molecular weight is 413 g/mol. The monoisotopic (exact) mass is 412 g/mol. The highest BCUT2D eigenvalue weighted by Gasteiger charge is 2.25. The molecule has 0 spiro atoms. The summed E-state index contributed by atoms with van der Waals surface area (Å²) in [6.45, 7) is 9.43. The topological polar surface area (TPSA) is 86.7 Å². The number of rotatable bonds is 6. The Morgan fingerprint density at radius 1 is 0.593 bits per heavy atom. The lowest BCUT2D eigenvalue weighted by Crippen LogP contribution is -2.17. The standard InChI is InChI=1S/C19H24O6S2/c1-12-7-14(3)18(15(4)8-12)26(20,21)24-11-25-27(22,23)19-16(5)9-13(2)10-17(19)6/h7-10H,11H2,1-6H3. The second-order valence-electron chi connectivity index (χ2n) is 6.72. The van der Waals surface area contributed by atoms with Gasteiger partial charge in [-0.2, -0.15) is 16.8 Å². The third kappa shape index (κ3) is 4.76. The van der Waals surface area contributed by atoms with E-state index in [0.29, 0.717) is 22.3 Å². The zero-order valence-corrected chi connectivity index (χ0v) is 17.9. The first-order valence-electron chi connectivity index (χ1n) is 8.29. The zero-order valence-electron chi connectivity index (χ0n) is 16.3. The molecule has 0 aromatic heterocycles. The Morgan fingerprint density at radius 3 is 1.11 bits per heavy atom. The normalized spacial score (nSPS) is 12.4. The van der Waals surface area contributed by atoms with Crippen LogP contribution in [0.2, 0.25) is 0 Å². The summed E-state index contributed by atoms with van der Waals surface area (Å²) in [5, 5.41) is 0. The quantitative estimate of drug-likeness (QED) is 0.532. The van der Waals surface area contributed by atoms with E-state index >= 15 is 0 Å². The minimum atomic E-state index is -4.16. The second kappa shape index (κ2) is 7.71. The van der Waals surface area contributed by atoms with Crippen LogP contribution in [0.4, 0.5) is 0 Å². The molecule has 0 aliphatic carbocycles. The lowest BCUT2D eigenvalue weighted by molar-refractivity contribution is 0.132. The molecule has 0 atom stereocenters. The molecule has 0 radical (unpaired) electrons. The minimum Gasteiger partial charge on any atom is -0.236 e. The van der Waals surface area contributed by atoms with Crippen molar-refractivity contribution in [2.75, 3.05) is 6.79 Å². The predicted molar refractivity (Wildman–Crippen MR) is 103 cm³/mol. The van der Waals surface area contributed by atoms with Crippen LogP contribution in [0.15, 0.2) is 34.1 Å². The average Bonchev–Trinajstić information content (AvgIpc) is 2.43. The molecule has 0 aliphatic heterocycles. The van der Waals surface area contributed by atoms with Gasteiger partial charge in [0, 0.05) is 0 Å². The van der Waals surface area contributed by atoms with Gasteiger partial charge in [-0.1, -0.05) is 35.4 Å². The molecule has 8 heteroatoms. The highest BCUT2D eigenvalue weighted by molar-refractivity contribution is 7.87. The van der Waals surface area contributed by atoms with E-state index in [1.165, 1.54) is 0 Å². The van der Waals surface area contributed by atoms with E-state index in [1.54, 1.807) is 52.0 Å². The summed E-state index contributed by atoms with van der Waals surface area (Å²) in [7, 11) is -8.32. The lowest BCUT2D eigenvalue weighted by atomic mass is 10.1. The van der Waals surface area contributed by atoms with Gasteiger partial charge >= 0.3 is 0 Å². The Balaban J connectivity index is 2.23. The fraction of sp³-hybridized carbons (Fsp3) is 0.368. The fourth-order valence-corrected chi connectivity index (χ4v) is 5.85. The highest BCUT2D eigenvalue weighted by atomic mass is 32.2. The first-order valence-corrected chi connectivity index (χ1v) is 11.1. The summed E-state index contributed by atoms with van der Waals surface area (Å²) >= 11 is 0. The smallest absolute Gasteiger partial charge is 0.236 e. The van der Waals surface area contributed by atoms with Crippen molar-refractivity contribution in [1.82, 2.24) is 0 Å². The van der Waals surface area contributed by atoms with Gasteiger partial charge in [-0.3, -0.25) is 0 Å². The van der Waals surface area contributed by atoms with Crippen molar-refractivity contribution in [2.24, 2.45) is 0 Å². The third-order valence-electron chi connectivity index (χ3n) is 4.12. The molecule has 0 fully saturated rings. The number of hydrogen-bond acceptors (Lipinski definition) is 6. The summed E-state index contributed by atoms with van der Waals surface area (Å²) in [6, 6.07) is 6.89. The van der Waals surface area contributed by atoms with Crippen molar-refractivity contribution in [3.05, 3.63) is 57.6 Å². The number of benzene rings is 2. The van der Waals surface area contributed by atoms with E-state index in [-0.39, 0.29) is 9.79 Å². The van der Waals surface area contributed by atoms with E-state index in [9.17, 15) is 16.8 Å². The molecule has 0 unspecified atom stereocenters. The van der Waals surface area contributed by atoms with Gasteiger partial charge < -0.3 is 0 Å². The number of aryl methyl sites for hydroxylation is 6.